The van der Waals surface area contributed by atoms with E-state index in [0.717, 1.165) is 50.9 Å². The van der Waals surface area contributed by atoms with Crippen LogP contribution in [-0.4, -0.2) is 77.9 Å². The van der Waals surface area contributed by atoms with Gasteiger partial charge < -0.3 is 29.3 Å². The molecule has 0 spiro atoms. The molecule has 0 aromatic carbocycles. The van der Waals surface area contributed by atoms with Crippen LogP contribution in [0.5, 0.6) is 0 Å². The number of hydrogen-bond acceptors (Lipinski definition) is 10. The maximum atomic E-state index is 12.7. The highest BCUT2D eigenvalue weighted by molar-refractivity contribution is 7.47. The highest BCUT2D eigenvalue weighted by Gasteiger charge is 2.36. The van der Waals surface area contributed by atoms with Crippen molar-refractivity contribution in [1.29, 1.82) is 0 Å². The van der Waals surface area contributed by atoms with Gasteiger partial charge in [-0.1, -0.05) is 192 Å². The zero-order chi connectivity index (χ0) is 46.1. The first-order valence-corrected chi connectivity index (χ1v) is 27.0. The molecular formula is C51H93O11P. The van der Waals surface area contributed by atoms with Crippen LogP contribution in [-0.2, 0) is 37.4 Å². The highest BCUT2D eigenvalue weighted by atomic mass is 31.2. The monoisotopic (exact) mass is 913 g/mol. The van der Waals surface area contributed by atoms with Crippen molar-refractivity contribution < 1.29 is 52.5 Å². The quantitative estimate of drug-likeness (QED) is 0.0175. The summed E-state index contributed by atoms with van der Waals surface area (Å²) in [5.41, 5.74) is 0. The molecule has 11 nitrogen and oxygen atoms in total. The van der Waals surface area contributed by atoms with Crippen LogP contribution in [0.15, 0.2) is 36.5 Å². The molecule has 0 aromatic rings. The number of rotatable bonds is 46. The number of allylic oxidation sites excluding steroid dienone is 4. The lowest BCUT2D eigenvalue weighted by Crippen LogP contribution is -2.29. The fraction of sp³-hybridized carbons (Fsp3) is 0.843. The number of hydrogen-bond donors (Lipinski definition) is 3. The van der Waals surface area contributed by atoms with Crippen LogP contribution in [0.25, 0.3) is 0 Å². The molecule has 12 heteroatoms. The van der Waals surface area contributed by atoms with E-state index in [0.29, 0.717) is 19.3 Å². The largest absolute Gasteiger partial charge is 0.472 e. The molecule has 0 saturated carbocycles. The van der Waals surface area contributed by atoms with E-state index in [2.05, 4.69) is 51.2 Å². The third-order valence-electron chi connectivity index (χ3n) is 11.7. The van der Waals surface area contributed by atoms with Gasteiger partial charge in [-0.2, -0.15) is 0 Å². The van der Waals surface area contributed by atoms with E-state index in [1.54, 1.807) is 0 Å². The Bertz CT molecular complexity index is 1220. The molecule has 0 radical (unpaired) electrons. The summed E-state index contributed by atoms with van der Waals surface area (Å²) < 4.78 is 38.6. The summed E-state index contributed by atoms with van der Waals surface area (Å²) in [5, 5.41) is 18.4. The summed E-state index contributed by atoms with van der Waals surface area (Å²) in [7, 11) is -4.64. The molecule has 1 aliphatic rings. The zero-order valence-electron chi connectivity index (χ0n) is 40.2. The van der Waals surface area contributed by atoms with Crippen molar-refractivity contribution in [1.82, 2.24) is 0 Å². The van der Waals surface area contributed by atoms with Crippen molar-refractivity contribution >= 4 is 19.8 Å². The lowest BCUT2D eigenvalue weighted by Gasteiger charge is -2.20. The maximum absolute atomic E-state index is 12.7. The summed E-state index contributed by atoms with van der Waals surface area (Å²) in [4.78, 5) is 35.2. The Morgan fingerprint density at radius 2 is 1.11 bits per heavy atom. The fourth-order valence-electron chi connectivity index (χ4n) is 7.30. The van der Waals surface area contributed by atoms with Gasteiger partial charge in [0.15, 0.2) is 6.10 Å². The van der Waals surface area contributed by atoms with Gasteiger partial charge in [-0.3, -0.25) is 18.6 Å². The fourth-order valence-corrected chi connectivity index (χ4v) is 8.09. The molecule has 1 saturated heterocycles. The van der Waals surface area contributed by atoms with E-state index in [1.807, 2.05) is 6.08 Å². The minimum atomic E-state index is -4.64. The van der Waals surface area contributed by atoms with Crippen molar-refractivity contribution in [3.63, 3.8) is 0 Å². The highest BCUT2D eigenvalue weighted by Crippen LogP contribution is 2.43. The minimum absolute atomic E-state index is 0.101. The molecule has 1 aliphatic heterocycles. The van der Waals surface area contributed by atoms with Crippen LogP contribution in [0.2, 0.25) is 0 Å². The second kappa shape index (κ2) is 41.6. The third-order valence-corrected chi connectivity index (χ3v) is 12.7. The first kappa shape index (κ1) is 59.2. The first-order valence-electron chi connectivity index (χ1n) is 25.5. The number of epoxide rings is 1. The molecule has 63 heavy (non-hydrogen) atoms. The smallest absolute Gasteiger partial charge is 0.462 e. The van der Waals surface area contributed by atoms with Gasteiger partial charge in [0, 0.05) is 12.8 Å². The van der Waals surface area contributed by atoms with E-state index in [9.17, 15) is 24.2 Å². The average Bonchev–Trinajstić information content (AvgIpc) is 4.03. The number of esters is 2. The molecule has 0 aromatic heterocycles. The molecule has 368 valence electrons. The van der Waals surface area contributed by atoms with E-state index in [4.69, 9.17) is 28.4 Å². The molecule has 3 N–H and O–H groups in total. The van der Waals surface area contributed by atoms with Gasteiger partial charge in [-0.15, -0.1) is 0 Å². The van der Waals surface area contributed by atoms with Crippen molar-refractivity contribution in [2.45, 2.75) is 244 Å². The van der Waals surface area contributed by atoms with Gasteiger partial charge in [0.1, 0.15) is 12.7 Å². The predicted octanol–water partition coefficient (Wildman–Crippen LogP) is 13.1. The van der Waals surface area contributed by atoms with Gasteiger partial charge in [-0.25, -0.2) is 4.57 Å². The van der Waals surface area contributed by atoms with Gasteiger partial charge in [0.25, 0.3) is 0 Å². The normalized spacial score (nSPS) is 17.7. The Morgan fingerprint density at radius 1 is 0.619 bits per heavy atom. The topological polar surface area (TPSA) is 161 Å². The lowest BCUT2D eigenvalue weighted by molar-refractivity contribution is -0.161. The van der Waals surface area contributed by atoms with E-state index < -0.39 is 51.8 Å². The molecule has 0 aliphatic carbocycles. The summed E-state index contributed by atoms with van der Waals surface area (Å²) in [5.74, 6) is -0.0983. The van der Waals surface area contributed by atoms with Crippen LogP contribution in [0, 0.1) is 5.92 Å². The Labute approximate surface area is 384 Å². The number of phosphoric ester groups is 1. The second-order valence-electron chi connectivity index (χ2n) is 17.8. The number of ether oxygens (including phenoxy) is 3. The van der Waals surface area contributed by atoms with Crippen LogP contribution in [0.3, 0.4) is 0 Å². The van der Waals surface area contributed by atoms with Crippen molar-refractivity contribution in [2.75, 3.05) is 26.4 Å². The first-order chi connectivity index (χ1) is 30.6. The number of aliphatic hydroxyl groups excluding tert-OH is 2. The minimum Gasteiger partial charge on any atom is -0.462 e. The molecule has 1 fully saturated rings. The van der Waals surface area contributed by atoms with Crippen LogP contribution in [0.4, 0.5) is 0 Å². The Hall–Kier alpha value is -1.85. The van der Waals surface area contributed by atoms with Crippen molar-refractivity contribution in [3.05, 3.63) is 36.5 Å². The number of carbonyl (C=O) groups excluding carboxylic acids is 2. The van der Waals surface area contributed by atoms with E-state index in [1.165, 1.54) is 122 Å². The average molecular weight is 913 g/mol. The maximum Gasteiger partial charge on any atom is 0.472 e. The second-order valence-corrected chi connectivity index (χ2v) is 19.3. The summed E-state index contributed by atoms with van der Waals surface area (Å²) in [6.07, 6.45) is 45.7. The molecule has 0 bridgehead atoms. The molecule has 1 heterocycles. The predicted molar refractivity (Wildman–Crippen MR) is 255 cm³/mol. The molecular weight excluding hydrogens is 820 g/mol. The van der Waals surface area contributed by atoms with Crippen molar-refractivity contribution in [2.24, 2.45) is 5.92 Å². The SMILES string of the molecule is CCCCC/C=C\C/C=C\CC1OC1C/C=C\CCCC(=O)O[C@H](COC(=O)CCCCCCCCCCCCCCCCCCCCC(C)CC)COP(=O)(O)OC[C@@H](O)CO. The Morgan fingerprint density at radius 3 is 1.68 bits per heavy atom. The standard InChI is InChI=1S/C51H93O11P/c1-4-6-7-8-9-20-24-27-32-37-48-49(62-48)38-33-29-30-35-40-51(55)61-47(44-60-63(56,57)59-42-46(53)41-52)43-58-50(54)39-34-28-25-22-19-17-15-13-11-10-12-14-16-18-21-23-26-31-36-45(3)5-2/h9,20,27,29,32-33,45-49,52-53H,4-8,10-19,21-26,28,30-31,34-44H2,1-3H3,(H,56,57)/b20-9-,32-27-,33-29-/t45?,46-,47+,48?,49?/m0/s1. The number of aliphatic hydroxyl groups is 2. The summed E-state index contributed by atoms with van der Waals surface area (Å²) in [6.45, 7) is 4.69. The molecule has 6 atom stereocenters. The van der Waals surface area contributed by atoms with Crippen molar-refractivity contribution in [3.8, 4) is 0 Å². The number of unbranched alkanes of at least 4 members (excludes halogenated alkanes) is 21. The molecule has 0 amide bonds. The number of phosphoric acid groups is 1. The van der Waals surface area contributed by atoms with Gasteiger partial charge in [0.05, 0.1) is 32.0 Å². The Balaban J connectivity index is 2.20. The van der Waals surface area contributed by atoms with Crippen LogP contribution in [0.1, 0.15) is 220 Å². The van der Waals surface area contributed by atoms with Gasteiger partial charge >= 0.3 is 19.8 Å². The molecule has 1 rings (SSSR count). The summed E-state index contributed by atoms with van der Waals surface area (Å²) >= 11 is 0. The van der Waals surface area contributed by atoms with E-state index in [-0.39, 0.29) is 31.7 Å². The van der Waals surface area contributed by atoms with Crippen LogP contribution < -0.4 is 0 Å². The third kappa shape index (κ3) is 39.1. The number of carbonyl (C=O) groups is 2. The summed E-state index contributed by atoms with van der Waals surface area (Å²) in [6, 6.07) is 0. The van der Waals surface area contributed by atoms with E-state index >= 15 is 0 Å². The van der Waals surface area contributed by atoms with Crippen LogP contribution >= 0.6 is 7.82 Å². The zero-order valence-corrected chi connectivity index (χ0v) is 41.0. The van der Waals surface area contributed by atoms with Gasteiger partial charge in [-0.05, 0) is 57.3 Å². The lowest BCUT2D eigenvalue weighted by atomic mass is 9.99. The molecule has 4 unspecified atom stereocenters. The van der Waals surface area contributed by atoms with Gasteiger partial charge in [0.2, 0.25) is 0 Å². The Kier molecular flexibility index (Phi) is 39.0.